The molecule has 0 aromatic carbocycles. The number of amides is 1. The van der Waals surface area contributed by atoms with Crippen molar-refractivity contribution in [3.8, 4) is 0 Å². The Balaban J connectivity index is 2.28. The van der Waals surface area contributed by atoms with Crippen LogP contribution in [0.2, 0.25) is 0 Å². The van der Waals surface area contributed by atoms with Gasteiger partial charge in [0.15, 0.2) is 6.29 Å². The molecule has 7 atom stereocenters. The Morgan fingerprint density at radius 2 is 0.894 bits per heavy atom. The normalized spacial score (nSPS) is 20.1. The zero-order valence-corrected chi connectivity index (χ0v) is 42.7. The minimum Gasteiger partial charge on any atom is -0.394 e. The molecule has 7 unspecified atom stereocenters. The molecule has 0 saturated carbocycles. The molecule has 1 saturated heterocycles. The molecule has 1 rings (SSSR count). The third kappa shape index (κ3) is 36.2. The van der Waals surface area contributed by atoms with Crippen molar-refractivity contribution < 1.29 is 39.8 Å². The van der Waals surface area contributed by atoms with Crippen LogP contribution < -0.4 is 5.32 Å². The highest BCUT2D eigenvalue weighted by Gasteiger charge is 2.44. The first-order valence-electron chi connectivity index (χ1n) is 27.9. The SMILES string of the molecule is CCCCCCC/C=C\C/C=C\C/C=C\CCCCCCCCC(=O)NC(COC1OC(CO)C(O)C(O)C1O)C(O)/C=C/CCCCCCCCCCCCCCCCCCCCCC. The van der Waals surface area contributed by atoms with Gasteiger partial charge in [0, 0.05) is 6.42 Å². The molecule has 0 bridgehead atoms. The number of nitrogens with one attached hydrogen (secondary N) is 1. The number of ether oxygens (including phenoxy) is 2. The number of carbonyl (C=O) groups is 1. The van der Waals surface area contributed by atoms with Gasteiger partial charge < -0.3 is 40.3 Å². The molecule has 6 N–H and O–H groups in total. The maximum atomic E-state index is 13.0. The van der Waals surface area contributed by atoms with Gasteiger partial charge in [-0.05, 0) is 57.8 Å². The van der Waals surface area contributed by atoms with E-state index in [1.807, 2.05) is 6.08 Å². The van der Waals surface area contributed by atoms with E-state index >= 15 is 0 Å². The number of unbranched alkanes of at least 4 members (excludes halogenated alkanes) is 31. The summed E-state index contributed by atoms with van der Waals surface area (Å²) in [6.07, 6.45) is 54.5. The van der Waals surface area contributed by atoms with E-state index in [-0.39, 0.29) is 12.5 Å². The topological polar surface area (TPSA) is 149 Å². The van der Waals surface area contributed by atoms with Crippen LogP contribution in [0.15, 0.2) is 48.6 Å². The van der Waals surface area contributed by atoms with Gasteiger partial charge in [-0.25, -0.2) is 0 Å². The number of aliphatic hydroxyl groups excluding tert-OH is 5. The molecule has 1 fully saturated rings. The van der Waals surface area contributed by atoms with Gasteiger partial charge in [-0.2, -0.15) is 0 Å². The van der Waals surface area contributed by atoms with E-state index in [2.05, 4.69) is 55.6 Å². The fourth-order valence-corrected chi connectivity index (χ4v) is 8.69. The number of rotatable bonds is 47. The lowest BCUT2D eigenvalue weighted by molar-refractivity contribution is -0.302. The zero-order valence-electron chi connectivity index (χ0n) is 42.7. The molecule has 0 radical (unpaired) electrons. The molecule has 0 aromatic heterocycles. The Morgan fingerprint density at radius 3 is 1.32 bits per heavy atom. The second-order valence-electron chi connectivity index (χ2n) is 19.4. The van der Waals surface area contributed by atoms with Crippen LogP contribution in [-0.4, -0.2) is 87.5 Å². The van der Waals surface area contributed by atoms with Gasteiger partial charge in [-0.15, -0.1) is 0 Å². The Hall–Kier alpha value is -1.85. The Bertz CT molecular complexity index is 1170. The van der Waals surface area contributed by atoms with Crippen LogP contribution in [0.1, 0.15) is 251 Å². The van der Waals surface area contributed by atoms with Crippen molar-refractivity contribution in [2.24, 2.45) is 0 Å². The van der Waals surface area contributed by atoms with Crippen LogP contribution in [0, 0.1) is 0 Å². The molecule has 1 aliphatic rings. The first kappa shape index (κ1) is 62.2. The van der Waals surface area contributed by atoms with Gasteiger partial charge >= 0.3 is 0 Å². The summed E-state index contributed by atoms with van der Waals surface area (Å²) in [6, 6.07) is -0.814. The van der Waals surface area contributed by atoms with Crippen LogP contribution in [0.5, 0.6) is 0 Å². The molecule has 1 amide bonds. The third-order valence-corrected chi connectivity index (χ3v) is 13.1. The molecule has 66 heavy (non-hydrogen) atoms. The van der Waals surface area contributed by atoms with E-state index in [0.717, 1.165) is 64.2 Å². The Labute approximate surface area is 405 Å². The Kier molecular flexibility index (Phi) is 44.1. The highest BCUT2D eigenvalue weighted by molar-refractivity contribution is 5.76. The number of hydrogen-bond acceptors (Lipinski definition) is 8. The fraction of sp³-hybridized carbons (Fsp3) is 0.842. The second kappa shape index (κ2) is 46.9. The van der Waals surface area contributed by atoms with Crippen molar-refractivity contribution in [2.45, 2.75) is 294 Å². The van der Waals surface area contributed by atoms with Crippen LogP contribution in [-0.2, 0) is 14.3 Å². The van der Waals surface area contributed by atoms with Crippen molar-refractivity contribution in [1.29, 1.82) is 0 Å². The molecule has 0 aliphatic carbocycles. The highest BCUT2D eigenvalue weighted by atomic mass is 16.7. The van der Waals surface area contributed by atoms with Crippen LogP contribution >= 0.6 is 0 Å². The van der Waals surface area contributed by atoms with Gasteiger partial charge in [0.05, 0.1) is 25.4 Å². The predicted molar refractivity (Wildman–Crippen MR) is 276 cm³/mol. The molecular formula is C57H105NO8. The maximum Gasteiger partial charge on any atom is 0.220 e. The Morgan fingerprint density at radius 1 is 0.515 bits per heavy atom. The smallest absolute Gasteiger partial charge is 0.220 e. The zero-order chi connectivity index (χ0) is 48.0. The number of aliphatic hydroxyl groups is 5. The van der Waals surface area contributed by atoms with Gasteiger partial charge in [0.25, 0.3) is 0 Å². The molecule has 9 nitrogen and oxygen atoms in total. The summed E-state index contributed by atoms with van der Waals surface area (Å²) in [5, 5.41) is 54.5. The van der Waals surface area contributed by atoms with Crippen molar-refractivity contribution in [1.82, 2.24) is 5.32 Å². The van der Waals surface area contributed by atoms with E-state index in [9.17, 15) is 30.3 Å². The summed E-state index contributed by atoms with van der Waals surface area (Å²) >= 11 is 0. The van der Waals surface area contributed by atoms with Gasteiger partial charge in [0.1, 0.15) is 24.4 Å². The van der Waals surface area contributed by atoms with Crippen LogP contribution in [0.3, 0.4) is 0 Å². The van der Waals surface area contributed by atoms with E-state index < -0.39 is 49.5 Å². The largest absolute Gasteiger partial charge is 0.394 e. The summed E-state index contributed by atoms with van der Waals surface area (Å²) in [6.45, 7) is 3.78. The quantitative estimate of drug-likeness (QED) is 0.0261. The van der Waals surface area contributed by atoms with Gasteiger partial charge in [0.2, 0.25) is 5.91 Å². The van der Waals surface area contributed by atoms with Crippen molar-refractivity contribution >= 4 is 5.91 Å². The maximum absolute atomic E-state index is 13.0. The molecular weight excluding hydrogens is 827 g/mol. The third-order valence-electron chi connectivity index (χ3n) is 13.1. The van der Waals surface area contributed by atoms with Crippen molar-refractivity contribution in [3.05, 3.63) is 48.6 Å². The summed E-state index contributed by atoms with van der Waals surface area (Å²) in [5.41, 5.74) is 0. The van der Waals surface area contributed by atoms with Gasteiger partial charge in [-0.1, -0.05) is 236 Å². The summed E-state index contributed by atoms with van der Waals surface area (Å²) in [5.74, 6) is -0.188. The van der Waals surface area contributed by atoms with Crippen molar-refractivity contribution in [2.75, 3.05) is 13.2 Å². The van der Waals surface area contributed by atoms with E-state index in [1.54, 1.807) is 6.08 Å². The number of carbonyl (C=O) groups excluding carboxylic acids is 1. The number of hydrogen-bond donors (Lipinski definition) is 6. The molecule has 0 aromatic rings. The van der Waals surface area contributed by atoms with Crippen LogP contribution in [0.4, 0.5) is 0 Å². The average molecular weight is 932 g/mol. The molecule has 386 valence electrons. The summed E-state index contributed by atoms with van der Waals surface area (Å²) in [7, 11) is 0. The molecule has 0 spiro atoms. The van der Waals surface area contributed by atoms with E-state index in [4.69, 9.17) is 9.47 Å². The monoisotopic (exact) mass is 932 g/mol. The summed E-state index contributed by atoms with van der Waals surface area (Å²) < 4.78 is 11.3. The van der Waals surface area contributed by atoms with E-state index in [1.165, 1.54) is 167 Å². The number of allylic oxidation sites excluding steroid dienone is 7. The second-order valence-corrected chi connectivity index (χ2v) is 19.4. The molecule has 1 heterocycles. The standard InChI is InChI=1S/C57H105NO8/c1-3-5-7-9-11-13-15-17-19-21-23-25-27-28-30-32-34-36-38-40-42-44-46-51(60)50(49-65-57-56(64)55(63)54(62)52(48-59)66-57)58-53(61)47-45-43-41-39-37-35-33-31-29-26-24-22-20-18-16-14-12-10-8-6-4-2/h16,18,22,24,29,31,44,46,50-52,54-57,59-60,62-64H,3-15,17,19-21,23,25-28,30,32-43,45,47-49H2,1-2H3,(H,58,61)/b18-16-,24-22-,31-29-,46-44+. The first-order valence-corrected chi connectivity index (χ1v) is 27.9. The lowest BCUT2D eigenvalue weighted by Crippen LogP contribution is -2.60. The molecule has 9 heteroatoms. The van der Waals surface area contributed by atoms with Crippen LogP contribution in [0.25, 0.3) is 0 Å². The van der Waals surface area contributed by atoms with Crippen molar-refractivity contribution in [3.63, 3.8) is 0 Å². The molecule has 1 aliphatic heterocycles. The minimum atomic E-state index is -1.57. The first-order chi connectivity index (χ1) is 32.3. The fourth-order valence-electron chi connectivity index (χ4n) is 8.69. The lowest BCUT2D eigenvalue weighted by atomic mass is 9.99. The highest BCUT2D eigenvalue weighted by Crippen LogP contribution is 2.23. The van der Waals surface area contributed by atoms with Gasteiger partial charge in [-0.3, -0.25) is 4.79 Å². The predicted octanol–water partition coefficient (Wildman–Crippen LogP) is 13.3. The summed E-state index contributed by atoms with van der Waals surface area (Å²) in [4.78, 5) is 13.0. The van der Waals surface area contributed by atoms with E-state index in [0.29, 0.717) is 6.42 Å². The minimum absolute atomic E-state index is 0.188. The lowest BCUT2D eigenvalue weighted by Gasteiger charge is -2.40. The average Bonchev–Trinajstić information content (AvgIpc) is 3.32.